The zero-order valence-corrected chi connectivity index (χ0v) is 36.4. The number of aliphatic hydroxyl groups is 3. The highest BCUT2D eigenvalue weighted by Crippen LogP contribution is 2.64. The van der Waals surface area contributed by atoms with E-state index in [-0.39, 0.29) is 46.6 Å². The first-order valence-electron chi connectivity index (χ1n) is 21.0. The molecule has 4 aliphatic rings. The molecule has 4 N–H and O–H groups in total. The van der Waals surface area contributed by atoms with Crippen LogP contribution in [0.4, 0.5) is 5.69 Å². The fraction of sp³-hybridized carbons (Fsp3) is 0.447. The second kappa shape index (κ2) is 17.2. The minimum atomic E-state index is -2.46. The third-order valence-electron chi connectivity index (χ3n) is 13.8. The third kappa shape index (κ3) is 7.87. The molecule has 0 radical (unpaired) electrons. The van der Waals surface area contributed by atoms with Crippen LogP contribution in [-0.4, -0.2) is 110 Å². The lowest BCUT2D eigenvalue weighted by atomic mass is 9.44. The Morgan fingerprint density at radius 2 is 1.48 bits per heavy atom. The summed E-state index contributed by atoms with van der Waals surface area (Å²) in [6.45, 7) is 7.70. The van der Waals surface area contributed by atoms with Crippen molar-refractivity contribution >= 4 is 41.3 Å². The molecule has 65 heavy (non-hydrogen) atoms. The van der Waals surface area contributed by atoms with Gasteiger partial charge in [0.25, 0.3) is 11.6 Å². The highest BCUT2D eigenvalue weighted by atomic mass is 16.6. The summed E-state index contributed by atoms with van der Waals surface area (Å²) >= 11 is 0. The van der Waals surface area contributed by atoms with E-state index in [2.05, 4.69) is 5.32 Å². The van der Waals surface area contributed by atoms with Crippen LogP contribution in [0.5, 0.6) is 0 Å². The average molecular weight is 899 g/mol. The number of non-ortho nitro benzene ring substituents is 1. The fourth-order valence-corrected chi connectivity index (χ4v) is 10.3. The number of carbonyl (C=O) groups is 6. The Hall–Kier alpha value is -6.34. The first kappa shape index (κ1) is 46.6. The summed E-state index contributed by atoms with van der Waals surface area (Å²) in [5, 5.41) is 51.7. The Morgan fingerprint density at radius 1 is 0.877 bits per heavy atom. The predicted molar refractivity (Wildman–Crippen MR) is 224 cm³/mol. The number of nitrogens with one attached hydrogen (secondary N) is 1. The molecule has 2 bridgehead atoms. The van der Waals surface area contributed by atoms with Crippen molar-refractivity contribution in [2.24, 2.45) is 16.7 Å². The number of fused-ring (bicyclic) bond motifs is 5. The van der Waals surface area contributed by atoms with Crippen LogP contribution in [0, 0.1) is 26.9 Å². The molecule has 3 aromatic carbocycles. The van der Waals surface area contributed by atoms with E-state index in [4.69, 9.17) is 23.7 Å². The standard InChI is InChI=1S/C47H50N2O16/c1-24-31(63-43(57)36(53)35(27-17-19-30(20-18-27)49(59)60)48-41(55)28-13-9-7-10-14-28)22-47(58)40(64-42(56)29-15-11-8-12-16-29)38-45(6,32(52)21-33-46(38,23-61-33)65-26(3)51)39(54)37(62-25(2)50)34(24)44(47,4)5/h7-20,31-33,35-38,40,52-53,58H,21-23H2,1-6H3,(H,48,55)/t31-,32-,33+,35+,36+,37+,38-,40-,45+,46-,47+/m0/s1. The maximum Gasteiger partial charge on any atom is 0.338 e. The van der Waals surface area contributed by atoms with Crippen molar-refractivity contribution in [1.82, 2.24) is 5.32 Å². The maximum absolute atomic E-state index is 15.5. The number of hydrogen-bond acceptors (Lipinski definition) is 16. The largest absolute Gasteiger partial charge is 0.456 e. The number of hydrogen-bond donors (Lipinski definition) is 4. The van der Waals surface area contributed by atoms with Gasteiger partial charge in [-0.25, -0.2) is 9.59 Å². The van der Waals surface area contributed by atoms with Crippen molar-refractivity contribution in [3.05, 3.63) is 123 Å². The Balaban J connectivity index is 1.38. The molecule has 18 heteroatoms. The number of esters is 4. The summed E-state index contributed by atoms with van der Waals surface area (Å²) in [5.74, 6) is -7.32. The summed E-state index contributed by atoms with van der Waals surface area (Å²) in [5.41, 5.74) is -8.12. The minimum Gasteiger partial charge on any atom is -0.456 e. The summed E-state index contributed by atoms with van der Waals surface area (Å²) in [6.07, 6.45) is -11.1. The highest BCUT2D eigenvalue weighted by molar-refractivity contribution is 5.96. The molecule has 1 aliphatic heterocycles. The number of carbonyl (C=O) groups excluding carboxylic acids is 6. The number of amides is 1. The van der Waals surface area contributed by atoms with E-state index in [9.17, 15) is 49.4 Å². The van der Waals surface area contributed by atoms with Gasteiger partial charge in [-0.05, 0) is 54.8 Å². The number of nitrogens with zero attached hydrogens (tertiary/aromatic N) is 1. The van der Waals surface area contributed by atoms with E-state index in [1.54, 1.807) is 36.4 Å². The average Bonchev–Trinajstić information content (AvgIpc) is 3.26. The lowest BCUT2D eigenvalue weighted by molar-refractivity contribution is -0.384. The molecular formula is C47H50N2O16. The van der Waals surface area contributed by atoms with E-state index in [1.165, 1.54) is 64.1 Å². The van der Waals surface area contributed by atoms with Gasteiger partial charge >= 0.3 is 23.9 Å². The Bertz CT molecular complexity index is 2440. The van der Waals surface area contributed by atoms with E-state index in [0.717, 1.165) is 26.0 Å². The number of ether oxygens (including phenoxy) is 5. The van der Waals surface area contributed by atoms with E-state index < -0.39 is 118 Å². The van der Waals surface area contributed by atoms with E-state index in [0.29, 0.717) is 0 Å². The van der Waals surface area contributed by atoms with Crippen molar-refractivity contribution in [3.63, 3.8) is 0 Å². The van der Waals surface area contributed by atoms with Crippen LogP contribution in [0.25, 0.3) is 0 Å². The molecule has 344 valence electrons. The molecule has 3 aromatic rings. The lowest BCUT2D eigenvalue weighted by Crippen LogP contribution is -2.82. The summed E-state index contributed by atoms with van der Waals surface area (Å²) < 4.78 is 30.2. The van der Waals surface area contributed by atoms with Gasteiger partial charge in [0.1, 0.15) is 23.9 Å². The smallest absolute Gasteiger partial charge is 0.338 e. The quantitative estimate of drug-likeness (QED) is 0.0704. The van der Waals surface area contributed by atoms with Gasteiger partial charge < -0.3 is 44.3 Å². The topological polar surface area (TPSA) is 264 Å². The molecule has 1 heterocycles. The van der Waals surface area contributed by atoms with Gasteiger partial charge in [-0.1, -0.05) is 62.4 Å². The van der Waals surface area contributed by atoms with Gasteiger partial charge in [0.15, 0.2) is 23.6 Å². The molecule has 1 amide bonds. The number of Topliss-reactive ketones (excluding diaryl/α,β-unsaturated/α-hetero) is 1. The van der Waals surface area contributed by atoms with Crippen molar-refractivity contribution in [2.45, 2.75) is 108 Å². The van der Waals surface area contributed by atoms with E-state index >= 15 is 4.79 Å². The molecule has 0 aromatic heterocycles. The third-order valence-corrected chi connectivity index (χ3v) is 13.8. The molecular weight excluding hydrogens is 849 g/mol. The molecule has 2 saturated carbocycles. The molecule has 3 aliphatic carbocycles. The van der Waals surface area contributed by atoms with Crippen molar-refractivity contribution in [3.8, 4) is 0 Å². The van der Waals surface area contributed by atoms with Crippen molar-refractivity contribution in [2.75, 3.05) is 6.61 Å². The minimum absolute atomic E-state index is 0.0322. The van der Waals surface area contributed by atoms with Crippen LogP contribution >= 0.6 is 0 Å². The monoisotopic (exact) mass is 898 g/mol. The zero-order valence-electron chi connectivity index (χ0n) is 36.4. The maximum atomic E-state index is 15.5. The van der Waals surface area contributed by atoms with Crippen molar-refractivity contribution < 1.29 is 72.7 Å². The molecule has 18 nitrogen and oxygen atoms in total. The second-order valence-electron chi connectivity index (χ2n) is 17.8. The molecule has 0 spiro atoms. The van der Waals surface area contributed by atoms with Crippen LogP contribution < -0.4 is 5.32 Å². The molecule has 1 saturated heterocycles. The van der Waals surface area contributed by atoms with Crippen LogP contribution in [0.3, 0.4) is 0 Å². The molecule has 7 rings (SSSR count). The second-order valence-corrected chi connectivity index (χ2v) is 17.8. The number of rotatable bonds is 11. The zero-order chi connectivity index (χ0) is 47.4. The number of ketones is 1. The van der Waals surface area contributed by atoms with Crippen LogP contribution in [0.2, 0.25) is 0 Å². The van der Waals surface area contributed by atoms with Crippen LogP contribution in [0.15, 0.2) is 96.1 Å². The molecule has 11 atom stereocenters. The van der Waals surface area contributed by atoms with Crippen LogP contribution in [0.1, 0.15) is 86.7 Å². The number of nitro benzene ring substituents is 1. The summed E-state index contributed by atoms with van der Waals surface area (Å²) in [7, 11) is 0. The summed E-state index contributed by atoms with van der Waals surface area (Å²) in [4.78, 5) is 94.5. The van der Waals surface area contributed by atoms with Gasteiger partial charge in [-0.15, -0.1) is 0 Å². The molecule has 3 fully saturated rings. The van der Waals surface area contributed by atoms with Gasteiger partial charge in [0.05, 0.1) is 40.6 Å². The van der Waals surface area contributed by atoms with Gasteiger partial charge in [0.2, 0.25) is 0 Å². The van der Waals surface area contributed by atoms with Crippen LogP contribution in [-0.2, 0) is 42.9 Å². The van der Waals surface area contributed by atoms with Gasteiger partial charge in [-0.2, -0.15) is 0 Å². The Labute approximate surface area is 373 Å². The predicted octanol–water partition coefficient (Wildman–Crippen LogP) is 3.64. The first-order chi connectivity index (χ1) is 30.6. The Kier molecular flexibility index (Phi) is 12.4. The normalized spacial score (nSPS) is 30.9. The Morgan fingerprint density at radius 3 is 2.02 bits per heavy atom. The lowest BCUT2D eigenvalue weighted by Gasteiger charge is -2.67. The first-order valence-corrected chi connectivity index (χ1v) is 21.0. The fourth-order valence-electron chi connectivity index (χ4n) is 10.3. The van der Waals surface area contributed by atoms with E-state index in [1.807, 2.05) is 0 Å². The SMILES string of the molecule is CC(=O)O[C@H]1C(=O)[C@@]2(C)[C@H]([C@H](OC(=O)c3ccccc3)[C@]3(O)C[C@H](OC(=O)[C@H](O)[C@H](NC(=O)c4ccccc4)c4ccc([N+](=O)[O-])cc4)C(C)=C1C3(C)C)[C@]1(OC(C)=O)CO[C@@H]1C[C@@H]2O. The van der Waals surface area contributed by atoms with Crippen molar-refractivity contribution in [1.29, 1.82) is 0 Å². The highest BCUT2D eigenvalue weighted by Gasteiger charge is 2.78. The number of benzene rings is 3. The number of aliphatic hydroxyl groups excluding tert-OH is 2. The van der Waals surface area contributed by atoms with Gasteiger partial charge in [0, 0.05) is 49.8 Å². The van der Waals surface area contributed by atoms with Gasteiger partial charge in [-0.3, -0.25) is 29.3 Å². The number of nitro groups is 1. The molecule has 0 unspecified atom stereocenters. The summed E-state index contributed by atoms with van der Waals surface area (Å²) in [6, 6.07) is 18.7.